The summed E-state index contributed by atoms with van der Waals surface area (Å²) < 4.78 is 9.41. The van der Waals surface area contributed by atoms with Crippen molar-refractivity contribution >= 4 is 22.1 Å². The van der Waals surface area contributed by atoms with E-state index in [1.54, 1.807) is 0 Å². The number of aromatic nitrogens is 4. The molecule has 0 bridgehead atoms. The van der Waals surface area contributed by atoms with Crippen LogP contribution in [0, 0.1) is 6.92 Å². The van der Waals surface area contributed by atoms with Gasteiger partial charge >= 0.3 is 0 Å². The molecular formula is C35H30N4+2. The minimum Gasteiger partial charge on any atom is -0.225 e. The van der Waals surface area contributed by atoms with Gasteiger partial charge in [0.1, 0.15) is 11.4 Å². The van der Waals surface area contributed by atoms with Crippen LogP contribution in [-0.4, -0.2) is 9.13 Å². The normalized spacial score (nSPS) is 11.5. The van der Waals surface area contributed by atoms with E-state index in [1.165, 1.54) is 38.8 Å². The number of imidazole rings is 2. The van der Waals surface area contributed by atoms with Crippen LogP contribution in [-0.2, 0) is 14.1 Å². The summed E-state index contributed by atoms with van der Waals surface area (Å²) in [5.74, 6) is 2.32. The van der Waals surface area contributed by atoms with Gasteiger partial charge in [-0.15, -0.1) is 0 Å². The van der Waals surface area contributed by atoms with Crippen LogP contribution in [0.25, 0.3) is 56.2 Å². The molecule has 0 spiro atoms. The minimum atomic E-state index is 1.15. The number of nitrogens with zero attached hydrogens (tertiary/aromatic N) is 4. The molecule has 0 aliphatic carbocycles. The lowest BCUT2D eigenvalue weighted by molar-refractivity contribution is -0.634. The first kappa shape index (κ1) is 23.2. The van der Waals surface area contributed by atoms with Crippen molar-refractivity contribution < 1.29 is 9.13 Å². The van der Waals surface area contributed by atoms with Crippen LogP contribution in [0.15, 0.2) is 127 Å². The molecule has 0 aliphatic heterocycles. The lowest BCUT2D eigenvalue weighted by Crippen LogP contribution is -2.31. The van der Waals surface area contributed by atoms with Crippen LogP contribution in [0.1, 0.15) is 5.56 Å². The molecule has 2 aromatic heterocycles. The Hall–Kier alpha value is -4.96. The van der Waals surface area contributed by atoms with Crippen molar-refractivity contribution in [1.29, 1.82) is 0 Å². The van der Waals surface area contributed by atoms with Crippen LogP contribution in [0.3, 0.4) is 0 Å². The largest absolute Gasteiger partial charge is 0.295 e. The van der Waals surface area contributed by atoms with Crippen molar-refractivity contribution in [1.82, 2.24) is 9.13 Å². The summed E-state index contributed by atoms with van der Waals surface area (Å²) in [6, 6.07) is 45.3. The minimum absolute atomic E-state index is 1.15. The zero-order valence-corrected chi connectivity index (χ0v) is 22.4. The Morgan fingerprint density at radius 3 is 1.26 bits per heavy atom. The number of aryl methyl sites for hydroxylation is 2. The van der Waals surface area contributed by atoms with Gasteiger partial charge in [0.25, 0.3) is 11.6 Å². The second kappa shape index (κ2) is 9.10. The molecule has 0 atom stereocenters. The van der Waals surface area contributed by atoms with E-state index in [-0.39, 0.29) is 0 Å². The molecule has 2 heterocycles. The lowest BCUT2D eigenvalue weighted by Gasteiger charge is -2.11. The molecule has 0 saturated carbocycles. The average molecular weight is 507 g/mol. The monoisotopic (exact) mass is 506 g/mol. The Labute approximate surface area is 228 Å². The van der Waals surface area contributed by atoms with Crippen molar-refractivity contribution in [3.63, 3.8) is 0 Å². The van der Waals surface area contributed by atoms with Crippen molar-refractivity contribution in [2.75, 3.05) is 0 Å². The summed E-state index contributed by atoms with van der Waals surface area (Å²) in [4.78, 5) is 0. The maximum absolute atomic E-state index is 2.38. The van der Waals surface area contributed by atoms with E-state index in [4.69, 9.17) is 0 Å². The van der Waals surface area contributed by atoms with Gasteiger partial charge in [-0.2, -0.15) is 9.13 Å². The Kier molecular flexibility index (Phi) is 5.41. The van der Waals surface area contributed by atoms with Gasteiger partial charge in [0.05, 0.1) is 25.2 Å². The molecule has 5 aromatic carbocycles. The van der Waals surface area contributed by atoms with E-state index in [1.807, 2.05) is 0 Å². The molecule has 188 valence electrons. The van der Waals surface area contributed by atoms with Gasteiger partial charge < -0.3 is 0 Å². The zero-order valence-electron chi connectivity index (χ0n) is 22.4. The summed E-state index contributed by atoms with van der Waals surface area (Å²) in [6.45, 7) is 2.25. The molecule has 4 heteroatoms. The molecule has 0 amide bonds. The molecular weight excluding hydrogens is 476 g/mol. The standard InChI is InChI=1S/C35H30N4/c1-25-28(34-36(2)30-21-10-12-23-32(30)38(34)26-15-6-4-7-16-26)19-14-20-29(25)35-37(3)31-22-11-13-24-33(31)39(35)27-17-8-5-9-18-27/h4-24H,1-3H3/q+2. The van der Waals surface area contributed by atoms with Gasteiger partial charge in [-0.25, -0.2) is 9.13 Å². The van der Waals surface area contributed by atoms with Gasteiger partial charge in [0, 0.05) is 0 Å². The molecule has 0 N–H and O–H groups in total. The summed E-state index contributed by atoms with van der Waals surface area (Å²) in [5, 5.41) is 0. The first-order chi connectivity index (χ1) is 19.1. The number of benzene rings is 5. The number of para-hydroxylation sites is 6. The van der Waals surface area contributed by atoms with E-state index in [2.05, 4.69) is 167 Å². The summed E-state index contributed by atoms with van der Waals surface area (Å²) in [6.07, 6.45) is 0. The molecule has 0 unspecified atom stereocenters. The van der Waals surface area contributed by atoms with Crippen LogP contribution in [0.4, 0.5) is 0 Å². The fraction of sp³-hybridized carbons (Fsp3) is 0.0857. The molecule has 0 saturated heterocycles. The van der Waals surface area contributed by atoms with Gasteiger partial charge in [-0.1, -0.05) is 66.7 Å². The molecule has 0 fully saturated rings. The maximum atomic E-state index is 2.38. The van der Waals surface area contributed by atoms with E-state index in [0.29, 0.717) is 0 Å². The van der Waals surface area contributed by atoms with Crippen LogP contribution in [0.2, 0.25) is 0 Å². The van der Waals surface area contributed by atoms with Crippen LogP contribution >= 0.6 is 0 Å². The van der Waals surface area contributed by atoms with Crippen LogP contribution in [0.5, 0.6) is 0 Å². The van der Waals surface area contributed by atoms with Crippen molar-refractivity contribution in [2.24, 2.45) is 14.1 Å². The lowest BCUT2D eigenvalue weighted by atomic mass is 10.0. The van der Waals surface area contributed by atoms with Gasteiger partial charge in [0.2, 0.25) is 0 Å². The third-order valence-electron chi connectivity index (χ3n) is 7.87. The number of hydrogen-bond donors (Lipinski definition) is 0. The molecule has 7 aromatic rings. The Morgan fingerprint density at radius 1 is 0.436 bits per heavy atom. The topological polar surface area (TPSA) is 17.6 Å². The van der Waals surface area contributed by atoms with Gasteiger partial charge in [-0.3, -0.25) is 0 Å². The highest BCUT2D eigenvalue weighted by molar-refractivity contribution is 5.83. The van der Waals surface area contributed by atoms with E-state index >= 15 is 0 Å². The first-order valence-electron chi connectivity index (χ1n) is 13.4. The van der Waals surface area contributed by atoms with Crippen molar-refractivity contribution in [2.45, 2.75) is 6.92 Å². The van der Waals surface area contributed by atoms with Gasteiger partial charge in [0.15, 0.2) is 22.1 Å². The smallest absolute Gasteiger partial charge is 0.225 e. The Bertz CT molecular complexity index is 1840. The summed E-state index contributed by atoms with van der Waals surface area (Å²) >= 11 is 0. The second-order valence-corrected chi connectivity index (χ2v) is 10.1. The molecule has 0 aliphatic rings. The second-order valence-electron chi connectivity index (χ2n) is 10.1. The average Bonchev–Trinajstić information content (AvgIpc) is 3.45. The Morgan fingerprint density at radius 2 is 0.821 bits per heavy atom. The fourth-order valence-corrected chi connectivity index (χ4v) is 6.03. The number of rotatable bonds is 4. The number of hydrogen-bond acceptors (Lipinski definition) is 0. The highest BCUT2D eigenvalue weighted by atomic mass is 15.2. The van der Waals surface area contributed by atoms with E-state index < -0.39 is 0 Å². The van der Waals surface area contributed by atoms with Crippen LogP contribution < -0.4 is 9.13 Å². The predicted octanol–water partition coefficient (Wildman–Crippen LogP) is 6.87. The molecule has 0 radical (unpaired) electrons. The molecule has 7 rings (SSSR count). The van der Waals surface area contributed by atoms with E-state index in [0.717, 1.165) is 23.0 Å². The molecule has 39 heavy (non-hydrogen) atoms. The maximum Gasteiger partial charge on any atom is 0.295 e. The highest BCUT2D eigenvalue weighted by Gasteiger charge is 2.31. The molecule has 4 nitrogen and oxygen atoms in total. The predicted molar refractivity (Wildman–Crippen MR) is 158 cm³/mol. The first-order valence-corrected chi connectivity index (χ1v) is 13.4. The third kappa shape index (κ3) is 3.52. The van der Waals surface area contributed by atoms with Gasteiger partial charge in [-0.05, 0) is 73.2 Å². The Balaban J connectivity index is 1.55. The fourth-order valence-electron chi connectivity index (χ4n) is 6.03. The zero-order chi connectivity index (χ0) is 26.5. The SMILES string of the molecule is Cc1c(-c2n(-c3ccccc3)c3ccccc3[n+]2C)cccc1-c1n(-c2ccccc2)c2ccccc2[n+]1C. The summed E-state index contributed by atoms with van der Waals surface area (Å²) in [5.41, 5.74) is 10.7. The third-order valence-corrected chi connectivity index (χ3v) is 7.87. The van der Waals surface area contributed by atoms with E-state index in [9.17, 15) is 0 Å². The highest BCUT2D eigenvalue weighted by Crippen LogP contribution is 2.35. The van der Waals surface area contributed by atoms with Crippen molar-refractivity contribution in [3.8, 4) is 34.2 Å². The number of fused-ring (bicyclic) bond motifs is 2. The quantitative estimate of drug-likeness (QED) is 0.232. The summed E-state index contributed by atoms with van der Waals surface area (Å²) in [7, 11) is 4.34. The van der Waals surface area contributed by atoms with Crippen molar-refractivity contribution in [3.05, 3.63) is 133 Å².